The molecule has 4 heteroatoms. The molecule has 0 saturated heterocycles. The van der Waals surface area contributed by atoms with Crippen molar-refractivity contribution in [3.63, 3.8) is 0 Å². The third-order valence-electron chi connectivity index (χ3n) is 2.59. The van der Waals surface area contributed by atoms with Crippen molar-refractivity contribution in [2.24, 2.45) is 0 Å². The van der Waals surface area contributed by atoms with Crippen LogP contribution in [0.25, 0.3) is 0 Å². The molecule has 0 unspecified atom stereocenters. The number of allylic oxidation sites excluding steroid dienone is 2. The van der Waals surface area contributed by atoms with E-state index in [2.05, 4.69) is 11.9 Å². The van der Waals surface area contributed by atoms with E-state index in [4.69, 9.17) is 0 Å². The highest BCUT2D eigenvalue weighted by Gasteiger charge is 2.11. The minimum Gasteiger partial charge on any atom is -0.292 e. The molecule has 0 aliphatic heterocycles. The maximum Gasteiger partial charge on any atom is 0.253 e. The zero-order valence-electron chi connectivity index (χ0n) is 11.6. The summed E-state index contributed by atoms with van der Waals surface area (Å²) < 4.78 is 0. The molecule has 0 saturated carbocycles. The standard InChI is InChI=1S/C16H17NO3/c1-11(2)14(18)9-12(3)16(20)17-15(19)10-13-7-5-4-6-8-13/h4-9H,1,10H2,2-3H3,(H,17,19,20). The number of nitrogens with one attached hydrogen (secondary N) is 1. The Morgan fingerprint density at radius 1 is 1.15 bits per heavy atom. The SMILES string of the molecule is C=C(C)C(=O)C=C(C)C(=O)NC(=O)Cc1ccccc1. The third kappa shape index (κ3) is 5.02. The topological polar surface area (TPSA) is 63.2 Å². The molecule has 1 aromatic rings. The normalized spacial score (nSPS) is 10.8. The lowest BCUT2D eigenvalue weighted by Crippen LogP contribution is -2.32. The highest BCUT2D eigenvalue weighted by molar-refractivity contribution is 6.11. The summed E-state index contributed by atoms with van der Waals surface area (Å²) in [5.74, 6) is -1.30. The van der Waals surface area contributed by atoms with Gasteiger partial charge in [-0.3, -0.25) is 19.7 Å². The summed E-state index contributed by atoms with van der Waals surface area (Å²) in [5.41, 5.74) is 1.34. The molecule has 104 valence electrons. The second kappa shape index (κ2) is 7.19. The molecular formula is C16H17NO3. The molecule has 2 amide bonds. The smallest absolute Gasteiger partial charge is 0.253 e. The molecule has 0 spiro atoms. The predicted octanol–water partition coefficient (Wildman–Crippen LogP) is 1.96. The molecule has 0 aliphatic rings. The minimum atomic E-state index is -0.569. The van der Waals surface area contributed by atoms with Gasteiger partial charge < -0.3 is 0 Å². The van der Waals surface area contributed by atoms with Crippen LogP contribution in [0.15, 0.2) is 54.1 Å². The van der Waals surface area contributed by atoms with Gasteiger partial charge in [0.2, 0.25) is 5.91 Å². The van der Waals surface area contributed by atoms with Gasteiger partial charge in [0.1, 0.15) is 0 Å². The van der Waals surface area contributed by atoms with Crippen LogP contribution in [0.1, 0.15) is 19.4 Å². The van der Waals surface area contributed by atoms with Gasteiger partial charge in [0.15, 0.2) is 5.78 Å². The van der Waals surface area contributed by atoms with E-state index in [1.54, 1.807) is 19.1 Å². The van der Waals surface area contributed by atoms with Crippen LogP contribution in [0.4, 0.5) is 0 Å². The summed E-state index contributed by atoms with van der Waals surface area (Å²) in [5, 5.41) is 2.24. The monoisotopic (exact) mass is 271 g/mol. The number of carbonyl (C=O) groups is 3. The van der Waals surface area contributed by atoms with Crippen LogP contribution in [0, 0.1) is 0 Å². The Bertz CT molecular complexity index is 571. The van der Waals surface area contributed by atoms with Crippen molar-refractivity contribution in [2.45, 2.75) is 20.3 Å². The van der Waals surface area contributed by atoms with Crippen LogP contribution in [-0.2, 0) is 20.8 Å². The second-order valence-corrected chi connectivity index (χ2v) is 4.51. The Labute approximate surface area is 118 Å². The van der Waals surface area contributed by atoms with E-state index in [1.807, 2.05) is 18.2 Å². The second-order valence-electron chi connectivity index (χ2n) is 4.51. The molecular weight excluding hydrogens is 254 g/mol. The van der Waals surface area contributed by atoms with Crippen LogP contribution in [0.3, 0.4) is 0 Å². The zero-order valence-corrected chi connectivity index (χ0v) is 11.6. The highest BCUT2D eigenvalue weighted by Crippen LogP contribution is 2.01. The first-order valence-corrected chi connectivity index (χ1v) is 6.16. The largest absolute Gasteiger partial charge is 0.292 e. The third-order valence-corrected chi connectivity index (χ3v) is 2.59. The van der Waals surface area contributed by atoms with Gasteiger partial charge in [-0.05, 0) is 31.1 Å². The maximum atomic E-state index is 11.7. The van der Waals surface area contributed by atoms with E-state index in [1.165, 1.54) is 13.0 Å². The van der Waals surface area contributed by atoms with E-state index in [0.717, 1.165) is 5.56 Å². The van der Waals surface area contributed by atoms with Crippen molar-refractivity contribution < 1.29 is 14.4 Å². The summed E-state index contributed by atoms with van der Waals surface area (Å²) in [4.78, 5) is 34.8. The Morgan fingerprint density at radius 2 is 1.75 bits per heavy atom. The predicted molar refractivity (Wildman–Crippen MR) is 76.9 cm³/mol. The Hall–Kier alpha value is -2.49. The molecule has 1 N–H and O–H groups in total. The lowest BCUT2D eigenvalue weighted by molar-refractivity contribution is -0.128. The number of amides is 2. The molecule has 0 radical (unpaired) electrons. The number of hydrogen-bond acceptors (Lipinski definition) is 3. The Balaban J connectivity index is 2.60. The summed E-state index contributed by atoms with van der Waals surface area (Å²) >= 11 is 0. The van der Waals surface area contributed by atoms with Crippen LogP contribution in [0.5, 0.6) is 0 Å². The van der Waals surface area contributed by atoms with Gasteiger partial charge in [-0.1, -0.05) is 36.9 Å². The fraction of sp³-hybridized carbons (Fsp3) is 0.188. The summed E-state index contributed by atoms with van der Waals surface area (Å²) in [6.07, 6.45) is 1.29. The molecule has 0 bridgehead atoms. The molecule has 0 aromatic heterocycles. The maximum absolute atomic E-state index is 11.7. The van der Waals surface area contributed by atoms with E-state index in [9.17, 15) is 14.4 Å². The highest BCUT2D eigenvalue weighted by atomic mass is 16.2. The number of carbonyl (C=O) groups excluding carboxylic acids is 3. The van der Waals surface area contributed by atoms with Gasteiger partial charge in [0, 0.05) is 5.57 Å². The number of imide groups is 1. The number of hydrogen-bond donors (Lipinski definition) is 1. The lowest BCUT2D eigenvalue weighted by atomic mass is 10.1. The molecule has 0 aliphatic carbocycles. The Kier molecular flexibility index (Phi) is 5.59. The molecule has 20 heavy (non-hydrogen) atoms. The number of ketones is 1. The summed E-state index contributed by atoms with van der Waals surface area (Å²) in [7, 11) is 0. The van der Waals surface area contributed by atoms with E-state index < -0.39 is 11.8 Å². The van der Waals surface area contributed by atoms with Gasteiger partial charge in [0.25, 0.3) is 5.91 Å². The molecule has 1 rings (SSSR count). The van der Waals surface area contributed by atoms with Gasteiger partial charge >= 0.3 is 0 Å². The van der Waals surface area contributed by atoms with Crippen molar-refractivity contribution in [1.29, 1.82) is 0 Å². The van der Waals surface area contributed by atoms with Gasteiger partial charge in [0.05, 0.1) is 6.42 Å². The van der Waals surface area contributed by atoms with Gasteiger partial charge in [-0.2, -0.15) is 0 Å². The van der Waals surface area contributed by atoms with Crippen LogP contribution < -0.4 is 5.32 Å². The lowest BCUT2D eigenvalue weighted by Gasteiger charge is -2.04. The van der Waals surface area contributed by atoms with Crippen molar-refractivity contribution in [1.82, 2.24) is 5.32 Å². The molecule has 0 atom stereocenters. The van der Waals surface area contributed by atoms with Crippen molar-refractivity contribution in [2.75, 3.05) is 0 Å². The first-order chi connectivity index (χ1) is 9.40. The van der Waals surface area contributed by atoms with E-state index in [-0.39, 0.29) is 17.8 Å². The van der Waals surface area contributed by atoms with Crippen LogP contribution >= 0.6 is 0 Å². The van der Waals surface area contributed by atoms with Crippen molar-refractivity contribution in [3.8, 4) is 0 Å². The quantitative estimate of drug-likeness (QED) is 0.833. The van der Waals surface area contributed by atoms with E-state index in [0.29, 0.717) is 5.57 Å². The number of benzene rings is 1. The van der Waals surface area contributed by atoms with Crippen molar-refractivity contribution >= 4 is 17.6 Å². The number of rotatable bonds is 5. The summed E-state index contributed by atoms with van der Waals surface area (Å²) in [6, 6.07) is 9.10. The summed E-state index contributed by atoms with van der Waals surface area (Å²) in [6.45, 7) is 6.53. The fourth-order valence-corrected chi connectivity index (χ4v) is 1.44. The fourth-order valence-electron chi connectivity index (χ4n) is 1.44. The molecule has 1 aromatic carbocycles. The Morgan fingerprint density at radius 3 is 2.30 bits per heavy atom. The zero-order chi connectivity index (χ0) is 15.1. The van der Waals surface area contributed by atoms with Crippen LogP contribution in [0.2, 0.25) is 0 Å². The first kappa shape index (κ1) is 15.6. The van der Waals surface area contributed by atoms with E-state index >= 15 is 0 Å². The average molecular weight is 271 g/mol. The minimum absolute atomic E-state index is 0.119. The average Bonchev–Trinajstić information content (AvgIpc) is 2.39. The van der Waals surface area contributed by atoms with Crippen LogP contribution in [-0.4, -0.2) is 17.6 Å². The van der Waals surface area contributed by atoms with Gasteiger partial charge in [-0.25, -0.2) is 0 Å². The van der Waals surface area contributed by atoms with Gasteiger partial charge in [-0.15, -0.1) is 0 Å². The molecule has 0 fully saturated rings. The molecule has 0 heterocycles. The molecule has 4 nitrogen and oxygen atoms in total. The first-order valence-electron chi connectivity index (χ1n) is 6.16. The van der Waals surface area contributed by atoms with Crippen molar-refractivity contribution in [3.05, 3.63) is 59.7 Å².